The Morgan fingerprint density at radius 1 is 1.11 bits per heavy atom. The summed E-state index contributed by atoms with van der Waals surface area (Å²) in [5.41, 5.74) is 4.56. The fraction of sp³-hybridized carbons (Fsp3) is 0.240. The van der Waals surface area contributed by atoms with E-state index in [1.807, 2.05) is 42.1 Å². The summed E-state index contributed by atoms with van der Waals surface area (Å²) in [5.74, 6) is 1.99. The molecule has 1 aliphatic heterocycles. The molecule has 0 saturated carbocycles. The van der Waals surface area contributed by atoms with Crippen molar-refractivity contribution < 1.29 is 9.53 Å². The van der Waals surface area contributed by atoms with Crippen molar-refractivity contribution in [3.05, 3.63) is 59.8 Å². The maximum absolute atomic E-state index is 11.0. The van der Waals surface area contributed by atoms with Crippen molar-refractivity contribution >= 4 is 40.1 Å². The number of benzene rings is 2. The van der Waals surface area contributed by atoms with Crippen LogP contribution < -0.4 is 4.74 Å². The maximum atomic E-state index is 11.0. The molecule has 5 aromatic rings. The van der Waals surface area contributed by atoms with E-state index in [0.29, 0.717) is 33.2 Å². The second-order valence-electron chi connectivity index (χ2n) is 8.69. The number of halogens is 1. The van der Waals surface area contributed by atoms with Gasteiger partial charge in [0.2, 0.25) is 6.41 Å². The van der Waals surface area contributed by atoms with Crippen LogP contribution in [0.3, 0.4) is 0 Å². The number of rotatable bonds is 5. The smallest absolute Gasteiger partial charge is 0.209 e. The number of nitrogens with zero attached hydrogens (tertiary/aromatic N) is 6. The normalized spacial score (nSPS) is 14.6. The predicted molar refractivity (Wildman–Crippen MR) is 133 cm³/mol. The lowest BCUT2D eigenvalue weighted by Crippen LogP contribution is -2.33. The number of imidazole rings is 1. The van der Waals surface area contributed by atoms with Gasteiger partial charge in [0.05, 0.1) is 40.7 Å². The number of aromatic amines is 1. The summed E-state index contributed by atoms with van der Waals surface area (Å²) in [6.07, 6.45) is 8.15. The molecule has 1 amide bonds. The van der Waals surface area contributed by atoms with E-state index < -0.39 is 0 Å². The lowest BCUT2D eigenvalue weighted by Gasteiger charge is -2.29. The molecule has 6 rings (SSSR count). The molecule has 35 heavy (non-hydrogen) atoms. The highest BCUT2D eigenvalue weighted by atomic mass is 35.5. The molecule has 1 N–H and O–H groups in total. The Hall–Kier alpha value is -3.98. The molecular formula is C25H22ClN7O2. The van der Waals surface area contributed by atoms with Gasteiger partial charge in [0.15, 0.2) is 0 Å². The van der Waals surface area contributed by atoms with Crippen LogP contribution in [0.15, 0.2) is 48.9 Å². The van der Waals surface area contributed by atoms with E-state index in [0.717, 1.165) is 54.8 Å². The van der Waals surface area contributed by atoms with Crippen LogP contribution in [0, 0.1) is 6.92 Å². The van der Waals surface area contributed by atoms with Gasteiger partial charge in [-0.05, 0) is 44.0 Å². The van der Waals surface area contributed by atoms with Crippen LogP contribution in [0.25, 0.3) is 33.3 Å². The summed E-state index contributed by atoms with van der Waals surface area (Å²) >= 11 is 6.73. The van der Waals surface area contributed by atoms with E-state index in [2.05, 4.69) is 20.1 Å². The Bertz CT molecular complexity index is 1550. The van der Waals surface area contributed by atoms with Gasteiger partial charge in [-0.15, -0.1) is 0 Å². The number of ether oxygens (including phenoxy) is 1. The van der Waals surface area contributed by atoms with E-state index in [-0.39, 0.29) is 6.04 Å². The molecule has 4 heterocycles. The first-order valence-electron chi connectivity index (χ1n) is 11.4. The summed E-state index contributed by atoms with van der Waals surface area (Å²) in [7, 11) is 0. The largest absolute Gasteiger partial charge is 0.456 e. The summed E-state index contributed by atoms with van der Waals surface area (Å²) in [5, 5.41) is 4.94. The quantitative estimate of drug-likeness (QED) is 0.353. The molecule has 1 fully saturated rings. The molecule has 0 unspecified atom stereocenters. The van der Waals surface area contributed by atoms with E-state index in [1.54, 1.807) is 23.4 Å². The van der Waals surface area contributed by atoms with Crippen molar-refractivity contribution in [1.82, 2.24) is 34.6 Å². The van der Waals surface area contributed by atoms with Gasteiger partial charge < -0.3 is 14.6 Å². The first kappa shape index (κ1) is 21.5. The van der Waals surface area contributed by atoms with Gasteiger partial charge in [-0.25, -0.2) is 9.97 Å². The number of carbonyl (C=O) groups excluding carboxylic acids is 1. The average Bonchev–Trinajstić information content (AvgIpc) is 3.52. The second kappa shape index (κ2) is 8.66. The third-order valence-electron chi connectivity index (χ3n) is 6.34. The van der Waals surface area contributed by atoms with Crippen LogP contribution in [0.1, 0.15) is 24.7 Å². The Kier molecular flexibility index (Phi) is 5.33. The number of fused-ring (bicyclic) bond motifs is 2. The fourth-order valence-electron chi connectivity index (χ4n) is 4.48. The third kappa shape index (κ3) is 4.08. The van der Waals surface area contributed by atoms with E-state index in [1.165, 1.54) is 0 Å². The number of amides is 1. The van der Waals surface area contributed by atoms with Gasteiger partial charge in [-0.1, -0.05) is 11.6 Å². The van der Waals surface area contributed by atoms with Gasteiger partial charge >= 0.3 is 0 Å². The number of aromatic nitrogens is 6. The molecule has 0 bridgehead atoms. The minimum absolute atomic E-state index is 0.257. The first-order valence-corrected chi connectivity index (χ1v) is 11.8. The van der Waals surface area contributed by atoms with E-state index in [9.17, 15) is 4.79 Å². The molecule has 1 saturated heterocycles. The molecule has 0 atom stereocenters. The number of carbonyl (C=O) groups is 1. The van der Waals surface area contributed by atoms with Crippen molar-refractivity contribution in [2.75, 3.05) is 13.1 Å². The zero-order valence-electron chi connectivity index (χ0n) is 19.0. The van der Waals surface area contributed by atoms with Crippen LogP contribution >= 0.6 is 11.6 Å². The highest BCUT2D eigenvalue weighted by molar-refractivity contribution is 6.36. The number of hydrogen-bond acceptors (Lipinski definition) is 6. The van der Waals surface area contributed by atoms with Crippen LogP contribution in [-0.2, 0) is 4.79 Å². The van der Waals surface area contributed by atoms with Crippen molar-refractivity contribution in [1.29, 1.82) is 0 Å². The van der Waals surface area contributed by atoms with Crippen LogP contribution in [0.2, 0.25) is 5.02 Å². The molecule has 0 spiro atoms. The van der Waals surface area contributed by atoms with Gasteiger partial charge in [0.25, 0.3) is 0 Å². The summed E-state index contributed by atoms with van der Waals surface area (Å²) in [4.78, 5) is 29.7. The van der Waals surface area contributed by atoms with Crippen molar-refractivity contribution in [2.24, 2.45) is 0 Å². The van der Waals surface area contributed by atoms with Crippen molar-refractivity contribution in [2.45, 2.75) is 25.8 Å². The Morgan fingerprint density at radius 2 is 1.94 bits per heavy atom. The Morgan fingerprint density at radius 3 is 2.77 bits per heavy atom. The van der Waals surface area contributed by atoms with Gasteiger partial charge in [-0.2, -0.15) is 5.10 Å². The molecule has 10 heteroatoms. The number of nitrogens with one attached hydrogen (secondary N) is 1. The van der Waals surface area contributed by atoms with Crippen LogP contribution in [0.4, 0.5) is 0 Å². The first-order chi connectivity index (χ1) is 17.1. The fourth-order valence-corrected chi connectivity index (χ4v) is 4.72. The molecule has 0 aliphatic carbocycles. The molecule has 2 aromatic carbocycles. The van der Waals surface area contributed by atoms with Gasteiger partial charge in [0, 0.05) is 30.9 Å². The lowest BCUT2D eigenvalue weighted by molar-refractivity contribution is -0.119. The van der Waals surface area contributed by atoms with Crippen LogP contribution in [-0.4, -0.2) is 54.1 Å². The molecule has 176 valence electrons. The number of aryl methyl sites for hydroxylation is 1. The zero-order valence-corrected chi connectivity index (χ0v) is 19.7. The number of hydrogen-bond donors (Lipinski definition) is 1. The Balaban J connectivity index is 1.28. The SMILES string of the molecule is Cc1nc2ccc(Oc3ccc4ncc(-c5cnn(C6CCN(C=O)CC6)c5)nc4c3Cl)cc2[nH]1. The minimum atomic E-state index is 0.257. The summed E-state index contributed by atoms with van der Waals surface area (Å²) < 4.78 is 8.04. The van der Waals surface area contributed by atoms with Crippen molar-refractivity contribution in [3.63, 3.8) is 0 Å². The monoisotopic (exact) mass is 487 g/mol. The maximum Gasteiger partial charge on any atom is 0.209 e. The van der Waals surface area contributed by atoms with Crippen LogP contribution in [0.5, 0.6) is 11.5 Å². The molecule has 1 aliphatic rings. The van der Waals surface area contributed by atoms with Crippen molar-refractivity contribution in [3.8, 4) is 22.8 Å². The standard InChI is InChI=1S/C25H22ClN7O2/c1-15-29-19-3-2-18(10-21(19)30-15)35-23-5-4-20-25(24(23)26)31-22(12-27-20)16-11-28-33(13-16)17-6-8-32(14-34)9-7-17/h2-5,10-14,17H,6-9H2,1H3,(H,29,30). The molecule has 3 aromatic heterocycles. The molecule has 9 nitrogen and oxygen atoms in total. The van der Waals surface area contributed by atoms with Gasteiger partial charge in [0.1, 0.15) is 27.9 Å². The molecular weight excluding hydrogens is 466 g/mol. The number of likely N-dealkylation sites (tertiary alicyclic amines) is 1. The van der Waals surface area contributed by atoms with E-state index >= 15 is 0 Å². The molecule has 0 radical (unpaired) electrons. The number of H-pyrrole nitrogens is 1. The van der Waals surface area contributed by atoms with Gasteiger partial charge in [-0.3, -0.25) is 14.5 Å². The average molecular weight is 488 g/mol. The highest BCUT2D eigenvalue weighted by Gasteiger charge is 2.21. The highest BCUT2D eigenvalue weighted by Crippen LogP contribution is 2.36. The predicted octanol–water partition coefficient (Wildman–Crippen LogP) is 4.92. The van der Waals surface area contributed by atoms with E-state index in [4.69, 9.17) is 21.3 Å². The lowest BCUT2D eigenvalue weighted by atomic mass is 10.1. The second-order valence-corrected chi connectivity index (χ2v) is 9.06. The third-order valence-corrected chi connectivity index (χ3v) is 6.70. The topological polar surface area (TPSA) is 102 Å². The summed E-state index contributed by atoms with van der Waals surface area (Å²) in [6, 6.07) is 9.56. The summed E-state index contributed by atoms with van der Waals surface area (Å²) in [6.45, 7) is 3.39. The minimum Gasteiger partial charge on any atom is -0.456 e. The number of piperidine rings is 1. The Labute approximate surface area is 205 Å². The zero-order chi connectivity index (χ0) is 23.9.